The van der Waals surface area contributed by atoms with Crippen molar-refractivity contribution >= 4 is 23.5 Å². The molecule has 0 aliphatic carbocycles. The van der Waals surface area contributed by atoms with Crippen molar-refractivity contribution < 1.29 is 14.7 Å². The molecular weight excluding hydrogens is 326 g/mol. The molecule has 2 rings (SSSR count). The highest BCUT2D eigenvalue weighted by atomic mass is 35.5. The Morgan fingerprint density at radius 3 is 2.75 bits per heavy atom. The number of hydrogen-bond donors (Lipinski definition) is 1. The molecule has 1 N–H and O–H groups in total. The van der Waals surface area contributed by atoms with Gasteiger partial charge in [-0.25, -0.2) is 0 Å². The summed E-state index contributed by atoms with van der Waals surface area (Å²) in [5.74, 6) is -0.381. The maximum Gasteiger partial charge on any atom is 0.303 e. The van der Waals surface area contributed by atoms with Gasteiger partial charge in [0.05, 0.1) is 5.92 Å². The summed E-state index contributed by atoms with van der Waals surface area (Å²) in [7, 11) is 0. The molecule has 0 radical (unpaired) electrons. The van der Waals surface area contributed by atoms with Crippen molar-refractivity contribution in [2.45, 2.75) is 45.4 Å². The molecule has 5 heteroatoms. The van der Waals surface area contributed by atoms with Gasteiger partial charge < -0.3 is 10.0 Å². The number of carbonyl (C=O) groups excluding carboxylic acids is 1. The molecule has 1 heterocycles. The number of likely N-dealkylation sites (tertiary alicyclic amines) is 1. The van der Waals surface area contributed by atoms with Gasteiger partial charge in [-0.05, 0) is 48.8 Å². The number of hydrogen-bond acceptors (Lipinski definition) is 2. The summed E-state index contributed by atoms with van der Waals surface area (Å²) < 4.78 is 0. The van der Waals surface area contributed by atoms with Gasteiger partial charge in [-0.2, -0.15) is 0 Å². The van der Waals surface area contributed by atoms with Crippen molar-refractivity contribution in [3.63, 3.8) is 0 Å². The molecule has 2 atom stereocenters. The minimum absolute atomic E-state index is 0.132. The van der Waals surface area contributed by atoms with Crippen LogP contribution in [0.2, 0.25) is 5.02 Å². The van der Waals surface area contributed by atoms with Crippen LogP contribution in [0.15, 0.2) is 24.3 Å². The SMILES string of the molecule is CC(C)C(C(=O)N1CCCC(CCC(=O)O)C1)c1cccc(Cl)c1. The number of benzene rings is 1. The number of carboxylic acids is 1. The minimum Gasteiger partial charge on any atom is -0.481 e. The number of halogens is 1. The van der Waals surface area contributed by atoms with Crippen molar-refractivity contribution in [2.75, 3.05) is 13.1 Å². The first-order chi connectivity index (χ1) is 11.4. The maximum absolute atomic E-state index is 13.1. The molecule has 4 nitrogen and oxygen atoms in total. The standard InChI is InChI=1S/C19H26ClNO3/c1-13(2)18(15-6-3-7-16(20)11-15)19(24)21-10-4-5-14(12-21)8-9-17(22)23/h3,6-7,11,13-14,18H,4-5,8-10,12H2,1-2H3,(H,22,23). The summed E-state index contributed by atoms with van der Waals surface area (Å²) in [4.78, 5) is 25.8. The molecule has 0 aromatic heterocycles. The molecule has 0 saturated carbocycles. The van der Waals surface area contributed by atoms with Gasteiger partial charge in [-0.15, -0.1) is 0 Å². The third-order valence-corrected chi connectivity index (χ3v) is 4.97. The van der Waals surface area contributed by atoms with E-state index in [-0.39, 0.29) is 30.1 Å². The Morgan fingerprint density at radius 2 is 2.12 bits per heavy atom. The second-order valence-electron chi connectivity index (χ2n) is 7.00. The quantitative estimate of drug-likeness (QED) is 0.836. The molecule has 1 aromatic carbocycles. The predicted molar refractivity (Wildman–Crippen MR) is 95.2 cm³/mol. The molecule has 1 saturated heterocycles. The van der Waals surface area contributed by atoms with Crippen LogP contribution in [-0.4, -0.2) is 35.0 Å². The van der Waals surface area contributed by atoms with E-state index in [2.05, 4.69) is 13.8 Å². The van der Waals surface area contributed by atoms with Crippen LogP contribution in [-0.2, 0) is 9.59 Å². The second-order valence-corrected chi connectivity index (χ2v) is 7.44. The fourth-order valence-corrected chi connectivity index (χ4v) is 3.74. The normalized spacial score (nSPS) is 19.3. The van der Waals surface area contributed by atoms with Gasteiger partial charge in [0.25, 0.3) is 0 Å². The van der Waals surface area contributed by atoms with Crippen molar-refractivity contribution in [2.24, 2.45) is 11.8 Å². The summed E-state index contributed by atoms with van der Waals surface area (Å²) >= 11 is 6.10. The lowest BCUT2D eigenvalue weighted by Crippen LogP contribution is -2.43. The van der Waals surface area contributed by atoms with E-state index in [4.69, 9.17) is 16.7 Å². The molecule has 1 aliphatic heterocycles. The summed E-state index contributed by atoms with van der Waals surface area (Å²) in [5, 5.41) is 9.50. The zero-order valence-corrected chi connectivity index (χ0v) is 15.1. The largest absolute Gasteiger partial charge is 0.481 e. The Kier molecular flexibility index (Phi) is 6.67. The molecule has 1 aliphatic rings. The van der Waals surface area contributed by atoms with Crippen molar-refractivity contribution in [1.82, 2.24) is 4.90 Å². The number of nitrogens with zero attached hydrogens (tertiary/aromatic N) is 1. The van der Waals surface area contributed by atoms with Crippen LogP contribution in [0.4, 0.5) is 0 Å². The number of carbonyl (C=O) groups is 2. The van der Waals surface area contributed by atoms with E-state index < -0.39 is 5.97 Å². The van der Waals surface area contributed by atoms with E-state index in [0.29, 0.717) is 18.0 Å². The lowest BCUT2D eigenvalue weighted by molar-refractivity contribution is -0.137. The number of rotatable bonds is 6. The molecule has 0 bridgehead atoms. The molecule has 1 aromatic rings. The minimum atomic E-state index is -0.766. The summed E-state index contributed by atoms with van der Waals surface area (Å²) in [5.41, 5.74) is 0.954. The van der Waals surface area contributed by atoms with Gasteiger partial charge in [0.15, 0.2) is 0 Å². The van der Waals surface area contributed by atoms with Crippen LogP contribution in [0.1, 0.15) is 51.0 Å². The van der Waals surface area contributed by atoms with E-state index in [1.54, 1.807) is 0 Å². The molecule has 1 fully saturated rings. The second kappa shape index (κ2) is 8.52. The molecular formula is C19H26ClNO3. The van der Waals surface area contributed by atoms with E-state index in [9.17, 15) is 9.59 Å². The third kappa shape index (κ3) is 4.97. The number of amides is 1. The average molecular weight is 352 g/mol. The zero-order chi connectivity index (χ0) is 17.7. The van der Waals surface area contributed by atoms with Crippen LogP contribution in [0, 0.1) is 11.8 Å². The molecule has 0 spiro atoms. The highest BCUT2D eigenvalue weighted by Gasteiger charge is 2.31. The van der Waals surface area contributed by atoms with Crippen molar-refractivity contribution in [3.8, 4) is 0 Å². The average Bonchev–Trinajstić information content (AvgIpc) is 2.53. The molecule has 2 unspecified atom stereocenters. The van der Waals surface area contributed by atoms with Crippen LogP contribution >= 0.6 is 11.6 Å². The number of carboxylic acid groups (broad SMARTS) is 1. The Bertz CT molecular complexity index is 588. The first kappa shape index (κ1) is 18.8. The Morgan fingerprint density at radius 1 is 1.38 bits per heavy atom. The van der Waals surface area contributed by atoms with Gasteiger partial charge in [-0.3, -0.25) is 9.59 Å². The van der Waals surface area contributed by atoms with E-state index in [1.807, 2.05) is 29.2 Å². The monoisotopic (exact) mass is 351 g/mol. The van der Waals surface area contributed by atoms with Crippen molar-refractivity contribution in [3.05, 3.63) is 34.9 Å². The van der Waals surface area contributed by atoms with E-state index in [1.165, 1.54) is 0 Å². The van der Waals surface area contributed by atoms with Gasteiger partial charge in [0.1, 0.15) is 0 Å². The Hall–Kier alpha value is -1.55. The first-order valence-corrected chi connectivity index (χ1v) is 9.02. The smallest absolute Gasteiger partial charge is 0.303 e. The van der Waals surface area contributed by atoms with Crippen molar-refractivity contribution in [1.29, 1.82) is 0 Å². The lowest BCUT2D eigenvalue weighted by atomic mass is 9.85. The molecule has 132 valence electrons. The fourth-order valence-electron chi connectivity index (χ4n) is 3.54. The van der Waals surface area contributed by atoms with Gasteiger partial charge >= 0.3 is 5.97 Å². The van der Waals surface area contributed by atoms with Crippen LogP contribution in [0.25, 0.3) is 0 Å². The van der Waals surface area contributed by atoms with Crippen LogP contribution in [0.3, 0.4) is 0 Å². The van der Waals surface area contributed by atoms with E-state index in [0.717, 1.165) is 24.9 Å². The predicted octanol–water partition coefficient (Wildman–Crippen LogP) is 4.18. The number of aliphatic carboxylic acids is 1. The summed E-state index contributed by atoms with van der Waals surface area (Å²) in [6, 6.07) is 7.53. The highest BCUT2D eigenvalue weighted by Crippen LogP contribution is 2.31. The van der Waals surface area contributed by atoms with Crippen LogP contribution in [0.5, 0.6) is 0 Å². The van der Waals surface area contributed by atoms with Gasteiger partial charge in [0.2, 0.25) is 5.91 Å². The maximum atomic E-state index is 13.1. The first-order valence-electron chi connectivity index (χ1n) is 8.64. The fraction of sp³-hybridized carbons (Fsp3) is 0.579. The lowest BCUT2D eigenvalue weighted by Gasteiger charge is -2.36. The zero-order valence-electron chi connectivity index (χ0n) is 14.4. The third-order valence-electron chi connectivity index (χ3n) is 4.74. The van der Waals surface area contributed by atoms with Gasteiger partial charge in [0, 0.05) is 24.5 Å². The summed E-state index contributed by atoms with van der Waals surface area (Å²) in [6.45, 7) is 5.52. The van der Waals surface area contributed by atoms with E-state index >= 15 is 0 Å². The molecule has 1 amide bonds. The highest BCUT2D eigenvalue weighted by molar-refractivity contribution is 6.30. The van der Waals surface area contributed by atoms with Gasteiger partial charge in [-0.1, -0.05) is 37.6 Å². The Labute approximate surface area is 148 Å². The topological polar surface area (TPSA) is 57.6 Å². The Balaban J connectivity index is 2.10. The number of piperidine rings is 1. The van der Waals surface area contributed by atoms with Crippen LogP contribution < -0.4 is 0 Å². The molecule has 24 heavy (non-hydrogen) atoms. The summed E-state index contributed by atoms with van der Waals surface area (Å²) in [6.07, 6.45) is 2.76.